The van der Waals surface area contributed by atoms with Crippen LogP contribution in [0.1, 0.15) is 25.7 Å². The van der Waals surface area contributed by atoms with Crippen molar-refractivity contribution in [2.24, 2.45) is 5.73 Å². The first-order chi connectivity index (χ1) is 9.76. The van der Waals surface area contributed by atoms with E-state index in [0.29, 0.717) is 18.0 Å². The Kier molecular flexibility index (Phi) is 5.24. The van der Waals surface area contributed by atoms with Gasteiger partial charge >= 0.3 is 6.03 Å². The van der Waals surface area contributed by atoms with Gasteiger partial charge in [0, 0.05) is 19.1 Å². The number of ether oxygens (including phenoxy) is 1. The molecule has 1 aromatic rings. The fraction of sp³-hybridized carbons (Fsp3) is 0.533. The van der Waals surface area contributed by atoms with Gasteiger partial charge in [-0.1, -0.05) is 25.0 Å². The molecule has 2 rings (SSSR count). The van der Waals surface area contributed by atoms with E-state index in [4.69, 9.17) is 10.5 Å². The summed E-state index contributed by atoms with van der Waals surface area (Å²) in [5, 5.41) is 2.93. The Morgan fingerprint density at radius 2 is 2.20 bits per heavy atom. The van der Waals surface area contributed by atoms with Crippen LogP contribution in [0.25, 0.3) is 0 Å². The zero-order valence-corrected chi connectivity index (χ0v) is 12.0. The van der Waals surface area contributed by atoms with Crippen LogP contribution in [0, 0.1) is 0 Å². The van der Waals surface area contributed by atoms with Crippen molar-refractivity contribution < 1.29 is 9.53 Å². The van der Waals surface area contributed by atoms with Crippen LogP contribution >= 0.6 is 0 Å². The van der Waals surface area contributed by atoms with Crippen LogP contribution in [0.2, 0.25) is 0 Å². The Morgan fingerprint density at radius 3 is 2.95 bits per heavy atom. The topological polar surface area (TPSA) is 67.6 Å². The average molecular weight is 277 g/mol. The van der Waals surface area contributed by atoms with Gasteiger partial charge in [-0.3, -0.25) is 0 Å². The quantitative estimate of drug-likeness (QED) is 0.891. The molecule has 0 aliphatic carbocycles. The number of carbonyl (C=O) groups excluding carboxylic acids is 1. The van der Waals surface area contributed by atoms with Gasteiger partial charge in [0.15, 0.2) is 0 Å². The minimum atomic E-state index is -0.0909. The SMILES string of the molecule is COc1ccccc1NC(=O)N1CCCCCC1CN. The number of hydrogen-bond donors (Lipinski definition) is 2. The molecule has 5 heteroatoms. The predicted octanol–water partition coefficient (Wildman–Crippen LogP) is 2.43. The van der Waals surface area contributed by atoms with E-state index in [-0.39, 0.29) is 12.1 Å². The van der Waals surface area contributed by atoms with Crippen molar-refractivity contribution in [1.82, 2.24) is 4.90 Å². The smallest absolute Gasteiger partial charge is 0.322 e. The molecule has 3 N–H and O–H groups in total. The summed E-state index contributed by atoms with van der Waals surface area (Å²) in [4.78, 5) is 14.3. The second-order valence-electron chi connectivity index (χ2n) is 5.06. The molecule has 1 fully saturated rings. The highest BCUT2D eigenvalue weighted by molar-refractivity contribution is 5.91. The van der Waals surface area contributed by atoms with Crippen LogP contribution in [-0.4, -0.2) is 37.2 Å². The zero-order chi connectivity index (χ0) is 14.4. The zero-order valence-electron chi connectivity index (χ0n) is 12.0. The van der Waals surface area contributed by atoms with Crippen molar-refractivity contribution >= 4 is 11.7 Å². The molecule has 0 bridgehead atoms. The van der Waals surface area contributed by atoms with Gasteiger partial charge in [-0.05, 0) is 25.0 Å². The molecular weight excluding hydrogens is 254 g/mol. The molecule has 20 heavy (non-hydrogen) atoms. The molecule has 0 spiro atoms. The Balaban J connectivity index is 2.09. The molecule has 2 amide bonds. The highest BCUT2D eigenvalue weighted by atomic mass is 16.5. The summed E-state index contributed by atoms with van der Waals surface area (Å²) in [7, 11) is 1.60. The number of carbonyl (C=O) groups is 1. The second kappa shape index (κ2) is 7.14. The maximum absolute atomic E-state index is 12.5. The van der Waals surface area contributed by atoms with E-state index in [0.717, 1.165) is 32.2 Å². The van der Waals surface area contributed by atoms with E-state index in [9.17, 15) is 4.79 Å². The largest absolute Gasteiger partial charge is 0.495 e. The molecule has 1 aliphatic heterocycles. The molecule has 0 radical (unpaired) electrons. The van der Waals surface area contributed by atoms with Crippen molar-refractivity contribution in [1.29, 1.82) is 0 Å². The van der Waals surface area contributed by atoms with Crippen LogP contribution in [0.15, 0.2) is 24.3 Å². The van der Waals surface area contributed by atoms with Gasteiger partial charge in [0.1, 0.15) is 5.75 Å². The number of nitrogens with zero attached hydrogens (tertiary/aromatic N) is 1. The maximum atomic E-state index is 12.5. The van der Waals surface area contributed by atoms with Crippen molar-refractivity contribution in [3.63, 3.8) is 0 Å². The molecule has 0 aromatic heterocycles. The highest BCUT2D eigenvalue weighted by Crippen LogP contribution is 2.24. The third-order valence-corrected chi connectivity index (χ3v) is 3.76. The maximum Gasteiger partial charge on any atom is 0.322 e. The van der Waals surface area contributed by atoms with Gasteiger partial charge in [-0.25, -0.2) is 4.79 Å². The standard InChI is InChI=1S/C15H23N3O2/c1-20-14-9-5-4-8-13(14)17-15(19)18-10-6-2-3-7-12(18)11-16/h4-5,8-9,12H,2-3,6-7,10-11,16H2,1H3,(H,17,19). The first-order valence-corrected chi connectivity index (χ1v) is 7.17. The molecule has 1 saturated heterocycles. The van der Waals surface area contributed by atoms with E-state index in [2.05, 4.69) is 5.32 Å². The molecule has 1 unspecified atom stereocenters. The summed E-state index contributed by atoms with van der Waals surface area (Å²) in [6.45, 7) is 1.28. The first-order valence-electron chi connectivity index (χ1n) is 7.17. The van der Waals surface area contributed by atoms with Crippen LogP contribution in [-0.2, 0) is 0 Å². The first kappa shape index (κ1) is 14.7. The number of amides is 2. The lowest BCUT2D eigenvalue weighted by Crippen LogP contribution is -2.46. The van der Waals surface area contributed by atoms with E-state index in [1.165, 1.54) is 0 Å². The minimum absolute atomic E-state index is 0.0909. The normalized spacial score (nSPS) is 19.3. The molecule has 1 aliphatic rings. The number of likely N-dealkylation sites (tertiary alicyclic amines) is 1. The fourth-order valence-corrected chi connectivity index (χ4v) is 2.62. The Morgan fingerprint density at radius 1 is 1.40 bits per heavy atom. The van der Waals surface area contributed by atoms with Gasteiger partial charge in [0.05, 0.1) is 12.8 Å². The highest BCUT2D eigenvalue weighted by Gasteiger charge is 2.24. The van der Waals surface area contributed by atoms with Crippen molar-refractivity contribution in [3.05, 3.63) is 24.3 Å². The molecule has 5 nitrogen and oxygen atoms in total. The number of para-hydroxylation sites is 2. The number of methoxy groups -OCH3 is 1. The van der Waals surface area contributed by atoms with E-state index in [1.807, 2.05) is 29.2 Å². The van der Waals surface area contributed by atoms with E-state index < -0.39 is 0 Å². The van der Waals surface area contributed by atoms with Gasteiger partial charge in [0.25, 0.3) is 0 Å². The lowest BCUT2D eigenvalue weighted by molar-refractivity contribution is 0.191. The molecule has 1 heterocycles. The van der Waals surface area contributed by atoms with Crippen LogP contribution in [0.3, 0.4) is 0 Å². The summed E-state index contributed by atoms with van der Waals surface area (Å²) in [5.41, 5.74) is 6.50. The number of rotatable bonds is 3. The lowest BCUT2D eigenvalue weighted by Gasteiger charge is -2.29. The van der Waals surface area contributed by atoms with Gasteiger partial charge in [-0.2, -0.15) is 0 Å². The molecule has 1 atom stereocenters. The number of anilines is 1. The van der Waals surface area contributed by atoms with Crippen LogP contribution < -0.4 is 15.8 Å². The summed E-state index contributed by atoms with van der Waals surface area (Å²) in [6.07, 6.45) is 4.32. The van der Waals surface area contributed by atoms with Gasteiger partial charge in [0.2, 0.25) is 0 Å². The third kappa shape index (κ3) is 3.42. The molecule has 0 saturated carbocycles. The Labute approximate surface area is 120 Å². The van der Waals surface area contributed by atoms with Gasteiger partial charge in [-0.15, -0.1) is 0 Å². The predicted molar refractivity (Wildman–Crippen MR) is 80.0 cm³/mol. The second-order valence-corrected chi connectivity index (χ2v) is 5.06. The number of hydrogen-bond acceptors (Lipinski definition) is 3. The summed E-state index contributed by atoms with van der Waals surface area (Å²) < 4.78 is 5.25. The van der Waals surface area contributed by atoms with Crippen LogP contribution in [0.4, 0.5) is 10.5 Å². The summed E-state index contributed by atoms with van der Waals surface area (Å²) in [5.74, 6) is 0.667. The minimum Gasteiger partial charge on any atom is -0.495 e. The number of nitrogens with two attached hydrogens (primary N) is 1. The fourth-order valence-electron chi connectivity index (χ4n) is 2.62. The average Bonchev–Trinajstić information content (AvgIpc) is 2.73. The summed E-state index contributed by atoms with van der Waals surface area (Å²) in [6, 6.07) is 7.47. The molecular formula is C15H23N3O2. The van der Waals surface area contributed by atoms with Gasteiger partial charge < -0.3 is 20.7 Å². The van der Waals surface area contributed by atoms with E-state index >= 15 is 0 Å². The Hall–Kier alpha value is -1.75. The van der Waals surface area contributed by atoms with Crippen molar-refractivity contribution in [2.45, 2.75) is 31.7 Å². The number of benzene rings is 1. The molecule has 1 aromatic carbocycles. The van der Waals surface area contributed by atoms with E-state index in [1.54, 1.807) is 7.11 Å². The van der Waals surface area contributed by atoms with Crippen molar-refractivity contribution in [2.75, 3.05) is 25.5 Å². The molecule has 110 valence electrons. The van der Waals surface area contributed by atoms with Crippen LogP contribution in [0.5, 0.6) is 5.75 Å². The summed E-state index contributed by atoms with van der Waals surface area (Å²) >= 11 is 0. The Bertz CT molecular complexity index is 450. The monoisotopic (exact) mass is 277 g/mol. The van der Waals surface area contributed by atoms with Crippen molar-refractivity contribution in [3.8, 4) is 5.75 Å². The number of urea groups is 1. The third-order valence-electron chi connectivity index (χ3n) is 3.76. The number of nitrogens with one attached hydrogen (secondary N) is 1. The lowest BCUT2D eigenvalue weighted by atomic mass is 10.1.